The normalized spacial score (nSPS) is 19.8. The number of rotatable bonds is 6. The van der Waals surface area contributed by atoms with E-state index in [0.29, 0.717) is 44.8 Å². The number of carboxylic acids is 1. The summed E-state index contributed by atoms with van der Waals surface area (Å²) in [5.74, 6) is -3.63. The van der Waals surface area contributed by atoms with E-state index in [-0.39, 0.29) is 24.2 Å². The molecule has 2 N–H and O–H groups in total. The summed E-state index contributed by atoms with van der Waals surface area (Å²) in [7, 11) is 0. The molecular formula is C20H23F4N3O6. The van der Waals surface area contributed by atoms with Crippen LogP contribution < -0.4 is 5.32 Å². The van der Waals surface area contributed by atoms with Gasteiger partial charge in [-0.15, -0.1) is 0 Å². The van der Waals surface area contributed by atoms with E-state index in [1.165, 1.54) is 12.1 Å². The monoisotopic (exact) mass is 477 g/mol. The standard InChI is InChI=1S/C18H22FN3O4.C2HF3O2/c1-2-25-16(23)11-22-8-7-18(12-22)9-15(21-26-18)17(24)20-10-13-3-5-14(19)6-4-13;3-2(4,5)1(6)7/h3-6H,2,7-12H2,1H3,(H,20,24);(H,6,7). The second-order valence-corrected chi connectivity index (χ2v) is 7.37. The van der Waals surface area contributed by atoms with Crippen molar-refractivity contribution in [2.24, 2.45) is 5.16 Å². The lowest BCUT2D eigenvalue weighted by molar-refractivity contribution is -0.192. The lowest BCUT2D eigenvalue weighted by Crippen LogP contribution is -2.38. The van der Waals surface area contributed by atoms with Crippen LogP contribution in [0.5, 0.6) is 0 Å². The van der Waals surface area contributed by atoms with Gasteiger partial charge in [0.1, 0.15) is 11.5 Å². The minimum atomic E-state index is -5.08. The van der Waals surface area contributed by atoms with Crippen LogP contribution in [-0.4, -0.2) is 71.6 Å². The van der Waals surface area contributed by atoms with Crippen molar-refractivity contribution in [2.45, 2.75) is 38.1 Å². The van der Waals surface area contributed by atoms with Gasteiger partial charge in [0, 0.05) is 32.5 Å². The van der Waals surface area contributed by atoms with Gasteiger partial charge in [-0.2, -0.15) is 13.2 Å². The van der Waals surface area contributed by atoms with Crippen LogP contribution in [0.15, 0.2) is 29.4 Å². The highest BCUT2D eigenvalue weighted by molar-refractivity contribution is 6.39. The highest BCUT2D eigenvalue weighted by Gasteiger charge is 2.47. The Morgan fingerprint density at radius 2 is 1.91 bits per heavy atom. The van der Waals surface area contributed by atoms with Gasteiger partial charge in [0.15, 0.2) is 5.60 Å². The Labute approximate surface area is 186 Å². The number of likely N-dealkylation sites (tertiary alicyclic amines) is 1. The van der Waals surface area contributed by atoms with Gasteiger partial charge >= 0.3 is 18.1 Å². The van der Waals surface area contributed by atoms with Crippen LogP contribution >= 0.6 is 0 Å². The van der Waals surface area contributed by atoms with E-state index < -0.39 is 17.7 Å². The number of hydrogen-bond donors (Lipinski definition) is 2. The third-order valence-corrected chi connectivity index (χ3v) is 4.76. The average molecular weight is 477 g/mol. The topological polar surface area (TPSA) is 118 Å². The number of nitrogens with one attached hydrogen (secondary N) is 1. The number of nitrogens with zero attached hydrogens (tertiary/aromatic N) is 2. The van der Waals surface area contributed by atoms with Gasteiger partial charge in [0.2, 0.25) is 0 Å². The van der Waals surface area contributed by atoms with E-state index in [2.05, 4.69) is 10.5 Å². The fourth-order valence-electron chi connectivity index (χ4n) is 3.20. The van der Waals surface area contributed by atoms with Gasteiger partial charge in [-0.3, -0.25) is 14.5 Å². The van der Waals surface area contributed by atoms with Crippen molar-refractivity contribution < 1.29 is 46.6 Å². The highest BCUT2D eigenvalue weighted by atomic mass is 19.4. The van der Waals surface area contributed by atoms with Crippen LogP contribution in [0.3, 0.4) is 0 Å². The molecule has 182 valence electrons. The van der Waals surface area contributed by atoms with Gasteiger partial charge in [-0.05, 0) is 24.6 Å². The van der Waals surface area contributed by atoms with Crippen LogP contribution in [0.1, 0.15) is 25.3 Å². The number of benzene rings is 1. The Balaban J connectivity index is 0.000000479. The molecule has 1 unspecified atom stereocenters. The van der Waals surface area contributed by atoms with Crippen molar-refractivity contribution in [1.29, 1.82) is 0 Å². The number of carbonyl (C=O) groups excluding carboxylic acids is 2. The van der Waals surface area contributed by atoms with Crippen LogP contribution in [0.2, 0.25) is 0 Å². The van der Waals surface area contributed by atoms with Crippen LogP contribution in [0, 0.1) is 5.82 Å². The molecule has 1 amide bonds. The number of ether oxygens (including phenoxy) is 1. The molecule has 33 heavy (non-hydrogen) atoms. The zero-order valence-corrected chi connectivity index (χ0v) is 17.7. The van der Waals surface area contributed by atoms with Gasteiger partial charge < -0.3 is 20.0 Å². The molecule has 0 bridgehead atoms. The quantitative estimate of drug-likeness (QED) is 0.474. The molecule has 9 nitrogen and oxygen atoms in total. The fourth-order valence-corrected chi connectivity index (χ4v) is 3.20. The first-order valence-corrected chi connectivity index (χ1v) is 9.90. The van der Waals surface area contributed by atoms with Crippen LogP contribution in [-0.2, 0) is 30.5 Å². The lowest BCUT2D eigenvalue weighted by atomic mass is 9.96. The van der Waals surface area contributed by atoms with Crippen molar-refractivity contribution in [2.75, 3.05) is 26.2 Å². The molecule has 2 aliphatic heterocycles. The van der Waals surface area contributed by atoms with Crippen molar-refractivity contribution in [1.82, 2.24) is 10.2 Å². The molecule has 2 aliphatic rings. The SMILES string of the molecule is CCOC(=O)CN1CCC2(CC(C(=O)NCc3ccc(F)cc3)=NO2)C1.O=C(O)C(F)(F)F. The summed E-state index contributed by atoms with van der Waals surface area (Å²) in [6, 6.07) is 5.94. The number of oxime groups is 1. The first kappa shape index (κ1) is 26.0. The molecule has 0 radical (unpaired) electrons. The Hall–Kier alpha value is -3.22. The van der Waals surface area contributed by atoms with E-state index >= 15 is 0 Å². The largest absolute Gasteiger partial charge is 0.490 e. The summed E-state index contributed by atoms with van der Waals surface area (Å²) in [6.45, 7) is 3.86. The van der Waals surface area contributed by atoms with E-state index in [0.717, 1.165) is 5.56 Å². The van der Waals surface area contributed by atoms with Gasteiger partial charge in [-0.25, -0.2) is 9.18 Å². The number of esters is 1. The van der Waals surface area contributed by atoms with Crippen molar-refractivity contribution in [3.63, 3.8) is 0 Å². The number of amides is 1. The molecule has 1 aromatic carbocycles. The van der Waals surface area contributed by atoms with Crippen LogP contribution in [0.25, 0.3) is 0 Å². The minimum Gasteiger partial charge on any atom is -0.475 e. The number of carboxylic acid groups (broad SMARTS) is 1. The third-order valence-electron chi connectivity index (χ3n) is 4.76. The molecule has 1 spiro atoms. The summed E-state index contributed by atoms with van der Waals surface area (Å²) >= 11 is 0. The molecule has 0 saturated carbocycles. The average Bonchev–Trinajstić information content (AvgIpc) is 3.33. The molecule has 1 aromatic rings. The minimum absolute atomic E-state index is 0.213. The molecule has 1 atom stereocenters. The smallest absolute Gasteiger partial charge is 0.475 e. The van der Waals surface area contributed by atoms with Crippen molar-refractivity contribution in [3.05, 3.63) is 35.6 Å². The maximum Gasteiger partial charge on any atom is 0.490 e. The number of alkyl halides is 3. The van der Waals surface area contributed by atoms with Crippen molar-refractivity contribution in [3.8, 4) is 0 Å². The first-order valence-electron chi connectivity index (χ1n) is 9.90. The summed E-state index contributed by atoms with van der Waals surface area (Å²) in [4.78, 5) is 40.3. The predicted molar refractivity (Wildman–Crippen MR) is 105 cm³/mol. The van der Waals surface area contributed by atoms with Gasteiger partial charge in [0.25, 0.3) is 5.91 Å². The Morgan fingerprint density at radius 3 is 2.48 bits per heavy atom. The summed E-state index contributed by atoms with van der Waals surface area (Å²) < 4.78 is 49.6. The third kappa shape index (κ3) is 8.00. The Kier molecular flexibility index (Phi) is 8.74. The lowest BCUT2D eigenvalue weighted by Gasteiger charge is -2.21. The first-order chi connectivity index (χ1) is 15.4. The number of hydrogen-bond acceptors (Lipinski definition) is 7. The molecule has 13 heteroatoms. The van der Waals surface area contributed by atoms with E-state index in [1.54, 1.807) is 19.1 Å². The predicted octanol–water partition coefficient (Wildman–Crippen LogP) is 1.86. The second-order valence-electron chi connectivity index (χ2n) is 7.37. The van der Waals surface area contributed by atoms with Crippen LogP contribution in [0.4, 0.5) is 17.6 Å². The summed E-state index contributed by atoms with van der Waals surface area (Å²) in [5, 5.41) is 13.8. The zero-order valence-electron chi connectivity index (χ0n) is 17.7. The Morgan fingerprint density at radius 1 is 1.27 bits per heavy atom. The molecule has 1 fully saturated rings. The van der Waals surface area contributed by atoms with Crippen molar-refractivity contribution >= 4 is 23.6 Å². The summed E-state index contributed by atoms with van der Waals surface area (Å²) in [5.41, 5.74) is 0.593. The molecule has 3 rings (SSSR count). The maximum absolute atomic E-state index is 12.9. The Bertz CT molecular complexity index is 891. The van der Waals surface area contributed by atoms with E-state index in [9.17, 15) is 27.2 Å². The second kappa shape index (κ2) is 11.1. The maximum atomic E-state index is 12.9. The fraction of sp³-hybridized carbons (Fsp3) is 0.500. The molecule has 0 aromatic heterocycles. The number of aliphatic carboxylic acids is 1. The molecule has 1 saturated heterocycles. The zero-order chi connectivity index (χ0) is 24.6. The number of halogens is 4. The van der Waals surface area contributed by atoms with E-state index in [1.807, 2.05) is 4.90 Å². The van der Waals surface area contributed by atoms with Gasteiger partial charge in [-0.1, -0.05) is 17.3 Å². The summed E-state index contributed by atoms with van der Waals surface area (Å²) in [6.07, 6.45) is -3.98. The van der Waals surface area contributed by atoms with E-state index in [4.69, 9.17) is 19.5 Å². The highest BCUT2D eigenvalue weighted by Crippen LogP contribution is 2.33. The molecule has 2 heterocycles. The molecular weight excluding hydrogens is 454 g/mol. The number of carbonyl (C=O) groups is 3. The molecule has 0 aliphatic carbocycles. The van der Waals surface area contributed by atoms with Gasteiger partial charge in [0.05, 0.1) is 13.2 Å².